The quantitative estimate of drug-likeness (QED) is 0.550. The second kappa shape index (κ2) is 9.62. The zero-order chi connectivity index (χ0) is 22.8. The maximum absolute atomic E-state index is 13.3. The molecule has 3 heterocycles. The van der Waals surface area contributed by atoms with E-state index in [-0.39, 0.29) is 18.1 Å². The Kier molecular flexibility index (Phi) is 6.43. The van der Waals surface area contributed by atoms with Gasteiger partial charge >= 0.3 is 0 Å². The van der Waals surface area contributed by atoms with Crippen LogP contribution in [0.15, 0.2) is 53.7 Å². The van der Waals surface area contributed by atoms with Crippen LogP contribution in [0.4, 0.5) is 0 Å². The van der Waals surface area contributed by atoms with Gasteiger partial charge in [0.1, 0.15) is 11.0 Å². The number of thioether (sulfide) groups is 1. The normalized spacial score (nSPS) is 21.8. The number of ether oxygens (including phenoxy) is 2. The average molecular weight is 486 g/mol. The Morgan fingerprint density at radius 1 is 1.30 bits per heavy atom. The molecule has 172 valence electrons. The summed E-state index contributed by atoms with van der Waals surface area (Å²) in [4.78, 5) is 13.3. The maximum Gasteiger partial charge on any atom is 0.236 e. The van der Waals surface area contributed by atoms with Crippen LogP contribution in [0.3, 0.4) is 0 Å². The van der Waals surface area contributed by atoms with Gasteiger partial charge in [-0.3, -0.25) is 4.79 Å². The molecule has 1 fully saturated rings. The van der Waals surface area contributed by atoms with Crippen LogP contribution in [0.1, 0.15) is 24.4 Å². The van der Waals surface area contributed by atoms with Crippen LogP contribution in [0, 0.1) is 0 Å². The lowest BCUT2D eigenvalue weighted by atomic mass is 10.0. The fourth-order valence-electron chi connectivity index (χ4n) is 4.08. The number of amides is 1. The molecule has 1 saturated heterocycles. The minimum atomic E-state index is -0.476. The van der Waals surface area contributed by atoms with Crippen LogP contribution in [0.5, 0.6) is 5.75 Å². The summed E-state index contributed by atoms with van der Waals surface area (Å²) in [6, 6.07) is 15.0. The Morgan fingerprint density at radius 2 is 2.15 bits per heavy atom. The van der Waals surface area contributed by atoms with E-state index in [1.807, 2.05) is 53.2 Å². The van der Waals surface area contributed by atoms with Crippen LogP contribution in [-0.4, -0.2) is 52.4 Å². The highest BCUT2D eigenvalue weighted by Gasteiger charge is 2.38. The zero-order valence-electron chi connectivity index (χ0n) is 18.0. The van der Waals surface area contributed by atoms with Crippen molar-refractivity contribution in [3.05, 3.63) is 59.1 Å². The second-order valence-corrected chi connectivity index (χ2v) is 9.44. The maximum atomic E-state index is 13.3. The van der Waals surface area contributed by atoms with Crippen molar-refractivity contribution in [3.8, 4) is 17.1 Å². The number of benzene rings is 2. The van der Waals surface area contributed by atoms with Gasteiger partial charge in [-0.15, -0.1) is 10.2 Å². The van der Waals surface area contributed by atoms with Crippen LogP contribution < -0.4 is 15.5 Å². The third-order valence-corrected chi connectivity index (χ3v) is 7.30. The zero-order valence-corrected chi connectivity index (χ0v) is 19.6. The second-order valence-electron chi connectivity index (χ2n) is 7.93. The lowest BCUT2D eigenvalue weighted by Crippen LogP contribution is -2.45. The SMILES string of the molecule is COc1ccc([C@@H]2Nn3c(nnc3-c3ccccc3)S[C@H]2C(=O)NC[C@@H]2CCCO2)cc1Cl. The molecule has 5 rings (SSSR count). The van der Waals surface area contributed by atoms with Gasteiger partial charge in [0.05, 0.1) is 24.3 Å². The predicted molar refractivity (Wildman–Crippen MR) is 127 cm³/mol. The monoisotopic (exact) mass is 485 g/mol. The number of carbonyl (C=O) groups excluding carboxylic acids is 1. The first-order chi connectivity index (χ1) is 16.1. The van der Waals surface area contributed by atoms with Crippen molar-refractivity contribution in [3.63, 3.8) is 0 Å². The fraction of sp³-hybridized carbons (Fsp3) is 0.348. The summed E-state index contributed by atoms with van der Waals surface area (Å²) < 4.78 is 12.8. The summed E-state index contributed by atoms with van der Waals surface area (Å²) in [7, 11) is 1.58. The molecule has 2 aliphatic rings. The molecular formula is C23H24ClN5O3S. The Bertz CT molecular complexity index is 1140. The molecule has 3 aromatic rings. The van der Waals surface area contributed by atoms with Gasteiger partial charge in [0.2, 0.25) is 11.1 Å². The van der Waals surface area contributed by atoms with Crippen molar-refractivity contribution < 1.29 is 14.3 Å². The van der Waals surface area contributed by atoms with E-state index in [1.54, 1.807) is 7.11 Å². The van der Waals surface area contributed by atoms with E-state index in [0.29, 0.717) is 28.3 Å². The number of methoxy groups -OCH3 is 1. The highest BCUT2D eigenvalue weighted by Crippen LogP contribution is 2.40. The third kappa shape index (κ3) is 4.53. The highest BCUT2D eigenvalue weighted by atomic mass is 35.5. The van der Waals surface area contributed by atoms with Gasteiger partial charge in [0, 0.05) is 18.7 Å². The first-order valence-electron chi connectivity index (χ1n) is 10.8. The van der Waals surface area contributed by atoms with E-state index in [2.05, 4.69) is 20.9 Å². The van der Waals surface area contributed by atoms with E-state index in [9.17, 15) is 4.79 Å². The van der Waals surface area contributed by atoms with Crippen LogP contribution in [0.25, 0.3) is 11.4 Å². The topological polar surface area (TPSA) is 90.3 Å². The van der Waals surface area contributed by atoms with Gasteiger partial charge in [-0.1, -0.05) is 59.8 Å². The highest BCUT2D eigenvalue weighted by molar-refractivity contribution is 8.00. The lowest BCUT2D eigenvalue weighted by molar-refractivity contribution is -0.121. The van der Waals surface area contributed by atoms with Crippen molar-refractivity contribution in [1.82, 2.24) is 20.2 Å². The lowest BCUT2D eigenvalue weighted by Gasteiger charge is -2.33. The Balaban J connectivity index is 1.47. The van der Waals surface area contributed by atoms with Crippen molar-refractivity contribution in [2.75, 3.05) is 25.7 Å². The average Bonchev–Trinajstić information content (AvgIpc) is 3.52. The Labute approximate surface area is 201 Å². The van der Waals surface area contributed by atoms with Crippen LogP contribution >= 0.6 is 23.4 Å². The molecule has 0 spiro atoms. The third-order valence-electron chi connectivity index (χ3n) is 5.79. The number of aromatic nitrogens is 3. The number of fused-ring (bicyclic) bond motifs is 1. The van der Waals surface area contributed by atoms with Crippen LogP contribution in [-0.2, 0) is 9.53 Å². The minimum absolute atomic E-state index is 0.0673. The van der Waals surface area contributed by atoms with E-state index < -0.39 is 5.25 Å². The van der Waals surface area contributed by atoms with Crippen molar-refractivity contribution in [1.29, 1.82) is 0 Å². The molecule has 8 nitrogen and oxygen atoms in total. The smallest absolute Gasteiger partial charge is 0.236 e. The number of hydrogen-bond donors (Lipinski definition) is 2. The number of nitrogens with one attached hydrogen (secondary N) is 2. The van der Waals surface area contributed by atoms with Gasteiger partial charge in [-0.2, -0.15) is 0 Å². The summed E-state index contributed by atoms with van der Waals surface area (Å²) in [5.74, 6) is 1.18. The van der Waals surface area contributed by atoms with Crippen molar-refractivity contribution in [2.24, 2.45) is 0 Å². The molecule has 10 heteroatoms. The van der Waals surface area contributed by atoms with Gasteiger partial charge in [-0.25, -0.2) is 4.68 Å². The first kappa shape index (κ1) is 22.1. The summed E-state index contributed by atoms with van der Waals surface area (Å²) in [5.41, 5.74) is 5.26. The number of carbonyl (C=O) groups is 1. The summed E-state index contributed by atoms with van der Waals surface area (Å²) in [5, 5.41) is 12.4. The first-order valence-corrected chi connectivity index (χ1v) is 12.1. The van der Waals surface area contributed by atoms with E-state index >= 15 is 0 Å². The molecule has 0 unspecified atom stereocenters. The molecule has 1 amide bonds. The fourth-order valence-corrected chi connectivity index (χ4v) is 5.45. The standard InChI is InChI=1S/C23H24ClN5O3S/c1-31-18-10-9-15(12-17(18)24)19-20(22(30)25-13-16-8-5-11-32-16)33-23-27-26-21(29(23)28-19)14-6-3-2-4-7-14/h2-4,6-7,9-10,12,16,19-20,28H,5,8,11,13H2,1H3,(H,25,30)/t16-,19-,20+/m0/s1. The molecule has 33 heavy (non-hydrogen) atoms. The van der Waals surface area contributed by atoms with Crippen molar-refractivity contribution >= 4 is 29.3 Å². The number of nitrogens with zero attached hydrogens (tertiary/aromatic N) is 3. The molecule has 2 aliphatic heterocycles. The van der Waals surface area contributed by atoms with E-state index in [1.165, 1.54) is 11.8 Å². The minimum Gasteiger partial charge on any atom is -0.495 e. The van der Waals surface area contributed by atoms with E-state index in [4.69, 9.17) is 21.1 Å². The molecule has 0 saturated carbocycles. The molecule has 1 aromatic heterocycles. The summed E-state index contributed by atoms with van der Waals surface area (Å²) >= 11 is 7.80. The molecular weight excluding hydrogens is 462 g/mol. The predicted octanol–water partition coefficient (Wildman–Crippen LogP) is 3.66. The van der Waals surface area contributed by atoms with Gasteiger partial charge in [0.15, 0.2) is 5.82 Å². The molecule has 0 radical (unpaired) electrons. The number of rotatable bonds is 6. The number of halogens is 1. The number of hydrogen-bond acceptors (Lipinski definition) is 7. The molecule has 3 atom stereocenters. The molecule has 2 N–H and O–H groups in total. The van der Waals surface area contributed by atoms with Crippen LogP contribution in [0.2, 0.25) is 5.02 Å². The largest absolute Gasteiger partial charge is 0.495 e. The molecule has 2 aromatic carbocycles. The van der Waals surface area contributed by atoms with Gasteiger partial charge in [0.25, 0.3) is 0 Å². The molecule has 0 bridgehead atoms. The van der Waals surface area contributed by atoms with Gasteiger partial charge in [-0.05, 0) is 30.5 Å². The van der Waals surface area contributed by atoms with Crippen molar-refractivity contribution in [2.45, 2.75) is 35.4 Å². The Hall–Kier alpha value is -2.75. The summed E-state index contributed by atoms with van der Waals surface area (Å²) in [6.45, 7) is 1.24. The van der Waals surface area contributed by atoms with E-state index in [0.717, 1.165) is 30.6 Å². The molecule has 0 aliphatic carbocycles. The van der Waals surface area contributed by atoms with Gasteiger partial charge < -0.3 is 20.2 Å². The Morgan fingerprint density at radius 3 is 2.88 bits per heavy atom. The summed E-state index contributed by atoms with van der Waals surface area (Å²) in [6.07, 6.45) is 2.05.